The van der Waals surface area contributed by atoms with Gasteiger partial charge in [0.05, 0.1) is 22.8 Å². The van der Waals surface area contributed by atoms with E-state index in [-0.39, 0.29) is 5.15 Å². The van der Waals surface area contributed by atoms with Gasteiger partial charge in [-0.25, -0.2) is 13.4 Å². The molecule has 15 heavy (non-hydrogen) atoms. The summed E-state index contributed by atoms with van der Waals surface area (Å²) in [6.07, 6.45) is 4.35. The van der Waals surface area contributed by atoms with Crippen molar-refractivity contribution in [3.63, 3.8) is 0 Å². The lowest BCUT2D eigenvalue weighted by molar-refractivity contribution is 0.588. The monoisotopic (exact) mass is 266 g/mol. The minimum absolute atomic E-state index is 0.289. The average molecular weight is 267 g/mol. The average Bonchev–Trinajstić information content (AvgIpc) is 2.89. The molecule has 0 N–H and O–H groups in total. The van der Waals surface area contributed by atoms with E-state index in [4.69, 9.17) is 22.3 Å². The van der Waals surface area contributed by atoms with Crippen molar-refractivity contribution < 1.29 is 8.42 Å². The van der Waals surface area contributed by atoms with Gasteiger partial charge in [0.15, 0.2) is 0 Å². The molecule has 0 unspecified atom stereocenters. The van der Waals surface area contributed by atoms with Crippen molar-refractivity contribution in [1.29, 1.82) is 0 Å². The first-order valence-corrected chi connectivity index (χ1v) is 7.02. The van der Waals surface area contributed by atoms with Gasteiger partial charge in [-0.1, -0.05) is 11.6 Å². The number of rotatable bonds is 3. The molecule has 0 spiro atoms. The summed E-state index contributed by atoms with van der Waals surface area (Å²) in [5, 5.41) is 0.289. The molecule has 2 rings (SSSR count). The molecule has 1 heterocycles. The molecule has 0 bridgehead atoms. The van der Waals surface area contributed by atoms with Crippen molar-refractivity contribution in [2.45, 2.75) is 24.0 Å². The van der Waals surface area contributed by atoms with Crippen molar-refractivity contribution in [2.75, 3.05) is 0 Å². The van der Waals surface area contributed by atoms with E-state index >= 15 is 0 Å². The highest BCUT2D eigenvalue weighted by molar-refractivity contribution is 8.15. The smallest absolute Gasteiger partial charge is 0.238 e. The van der Waals surface area contributed by atoms with Gasteiger partial charge in [0.2, 0.25) is 9.05 Å². The fourth-order valence-electron chi connectivity index (χ4n) is 1.41. The zero-order valence-corrected chi connectivity index (χ0v) is 9.98. The maximum absolute atomic E-state index is 11.3. The van der Waals surface area contributed by atoms with Crippen LogP contribution in [0.1, 0.15) is 18.5 Å². The first-order chi connectivity index (χ1) is 6.93. The second kappa shape index (κ2) is 3.57. The largest absolute Gasteiger partial charge is 0.256 e. The van der Waals surface area contributed by atoms with Crippen LogP contribution in [0, 0.1) is 0 Å². The second-order valence-electron chi connectivity index (χ2n) is 3.63. The second-order valence-corrected chi connectivity index (χ2v) is 6.98. The summed E-state index contributed by atoms with van der Waals surface area (Å²) in [6, 6.07) is 0. The van der Waals surface area contributed by atoms with Crippen LogP contribution < -0.4 is 0 Å². The third-order valence-corrected chi connectivity index (χ3v) is 5.27. The van der Waals surface area contributed by atoms with E-state index in [9.17, 15) is 8.42 Å². The molecule has 1 saturated carbocycles. The Bertz CT molecular complexity index is 468. The van der Waals surface area contributed by atoms with E-state index in [1.807, 2.05) is 0 Å². The van der Waals surface area contributed by atoms with Crippen LogP contribution in [0.25, 0.3) is 0 Å². The lowest BCUT2D eigenvalue weighted by atomic mass is 10.2. The predicted molar refractivity (Wildman–Crippen MR) is 57.5 cm³/mol. The van der Waals surface area contributed by atoms with Crippen molar-refractivity contribution in [1.82, 2.24) is 9.97 Å². The number of hydrogen-bond donors (Lipinski definition) is 0. The number of aromatic nitrogens is 2. The van der Waals surface area contributed by atoms with Gasteiger partial charge < -0.3 is 0 Å². The zero-order chi connectivity index (χ0) is 11.1. The third kappa shape index (κ3) is 2.24. The molecule has 7 heteroatoms. The van der Waals surface area contributed by atoms with E-state index in [1.54, 1.807) is 0 Å². The van der Waals surface area contributed by atoms with E-state index in [0.29, 0.717) is 25.0 Å². The Labute approximate surface area is 97.1 Å². The summed E-state index contributed by atoms with van der Waals surface area (Å²) in [4.78, 5) is 7.84. The predicted octanol–water partition coefficient (Wildman–Crippen LogP) is 1.77. The molecule has 4 nitrogen and oxygen atoms in total. The van der Waals surface area contributed by atoms with Gasteiger partial charge in [-0.2, -0.15) is 0 Å². The minimum atomic E-state index is -3.53. The van der Waals surface area contributed by atoms with Crippen LogP contribution in [0.15, 0.2) is 12.4 Å². The van der Waals surface area contributed by atoms with E-state index in [1.165, 1.54) is 12.4 Å². The first-order valence-electron chi connectivity index (χ1n) is 4.34. The number of nitrogens with zero attached hydrogens (tertiary/aromatic N) is 2. The van der Waals surface area contributed by atoms with Crippen molar-refractivity contribution >= 4 is 31.3 Å². The maximum atomic E-state index is 11.3. The highest BCUT2D eigenvalue weighted by Crippen LogP contribution is 2.47. The molecule has 1 aliphatic carbocycles. The lowest BCUT2D eigenvalue weighted by Gasteiger charge is -2.09. The van der Waals surface area contributed by atoms with E-state index in [0.717, 1.165) is 0 Å². The summed E-state index contributed by atoms with van der Waals surface area (Å²) >= 11 is 5.57. The fourth-order valence-corrected chi connectivity index (χ4v) is 3.04. The first kappa shape index (κ1) is 11.1. The van der Waals surface area contributed by atoms with Gasteiger partial charge in [0.1, 0.15) is 5.15 Å². The van der Waals surface area contributed by atoms with E-state index < -0.39 is 13.8 Å². The van der Waals surface area contributed by atoms with Crippen molar-refractivity contribution in [3.8, 4) is 0 Å². The Kier molecular flexibility index (Phi) is 2.65. The highest BCUT2D eigenvalue weighted by Gasteiger charge is 2.53. The van der Waals surface area contributed by atoms with Gasteiger partial charge in [-0.3, -0.25) is 4.98 Å². The van der Waals surface area contributed by atoms with Crippen LogP contribution in [0.4, 0.5) is 0 Å². The van der Waals surface area contributed by atoms with Crippen LogP contribution in [0.3, 0.4) is 0 Å². The molecular weight excluding hydrogens is 259 g/mol. The van der Waals surface area contributed by atoms with Crippen LogP contribution in [0.5, 0.6) is 0 Å². The maximum Gasteiger partial charge on any atom is 0.238 e. The van der Waals surface area contributed by atoms with Crippen molar-refractivity contribution in [2.24, 2.45) is 0 Å². The molecule has 1 fully saturated rings. The molecule has 0 aromatic carbocycles. The summed E-state index contributed by atoms with van der Waals surface area (Å²) in [5.41, 5.74) is 0.598. The molecule has 1 aromatic rings. The number of hydrogen-bond acceptors (Lipinski definition) is 4. The summed E-state index contributed by atoms with van der Waals surface area (Å²) in [7, 11) is 1.84. The molecule has 0 radical (unpaired) electrons. The minimum Gasteiger partial charge on any atom is -0.256 e. The molecule has 1 aromatic heterocycles. The quantitative estimate of drug-likeness (QED) is 0.783. The third-order valence-electron chi connectivity index (χ3n) is 2.50. The molecule has 1 aliphatic rings. The zero-order valence-electron chi connectivity index (χ0n) is 7.65. The summed E-state index contributed by atoms with van der Waals surface area (Å²) in [6.45, 7) is 0. The Hall–Kier alpha value is -0.390. The lowest BCUT2D eigenvalue weighted by Crippen LogP contribution is -2.21. The Morgan fingerprint density at radius 3 is 2.40 bits per heavy atom. The molecule has 82 valence electrons. The van der Waals surface area contributed by atoms with Gasteiger partial charge in [0.25, 0.3) is 0 Å². The molecule has 0 amide bonds. The standard InChI is InChI=1S/C8H8Cl2N2O2S/c9-7-5-11-6(4-12-7)3-8(1-2-8)15(10,13)14/h4-5H,1-3H2. The summed E-state index contributed by atoms with van der Waals surface area (Å²) < 4.78 is 21.7. The van der Waals surface area contributed by atoms with Crippen molar-refractivity contribution in [3.05, 3.63) is 23.2 Å². The van der Waals surface area contributed by atoms with Crippen LogP contribution in [-0.2, 0) is 15.5 Å². The molecule has 0 atom stereocenters. The van der Waals surface area contributed by atoms with Gasteiger partial charge >= 0.3 is 0 Å². The van der Waals surface area contributed by atoms with Gasteiger partial charge in [-0.15, -0.1) is 0 Å². The van der Waals surface area contributed by atoms with E-state index in [2.05, 4.69) is 9.97 Å². The topological polar surface area (TPSA) is 59.9 Å². The van der Waals surface area contributed by atoms with Gasteiger partial charge in [-0.05, 0) is 12.8 Å². The number of halogens is 2. The Balaban J connectivity index is 2.20. The Morgan fingerprint density at radius 2 is 2.00 bits per heavy atom. The highest BCUT2D eigenvalue weighted by atomic mass is 35.7. The van der Waals surface area contributed by atoms with Gasteiger partial charge in [0, 0.05) is 17.1 Å². The fraction of sp³-hybridized carbons (Fsp3) is 0.500. The SMILES string of the molecule is O=S(=O)(Cl)C1(Cc2cnc(Cl)cn2)CC1. The van der Waals surface area contributed by atoms with Crippen LogP contribution in [-0.4, -0.2) is 23.1 Å². The molecule has 0 aliphatic heterocycles. The normalized spacial score (nSPS) is 18.8. The molecule has 0 saturated heterocycles. The van der Waals surface area contributed by atoms with Crippen LogP contribution in [0.2, 0.25) is 5.15 Å². The summed E-state index contributed by atoms with van der Waals surface area (Å²) in [5.74, 6) is 0. The molecular formula is C8H8Cl2N2O2S. The van der Waals surface area contributed by atoms with Crippen LogP contribution >= 0.6 is 22.3 Å². The Morgan fingerprint density at radius 1 is 1.33 bits per heavy atom.